The Labute approximate surface area is 395 Å². The van der Waals surface area contributed by atoms with Gasteiger partial charge in [0.15, 0.2) is 0 Å². The number of benzene rings is 2. The van der Waals surface area contributed by atoms with Crippen molar-refractivity contribution in [2.24, 2.45) is 11.8 Å². The summed E-state index contributed by atoms with van der Waals surface area (Å²) in [5.41, 5.74) is 6.69. The second-order valence-electron chi connectivity index (χ2n) is 16.8. The summed E-state index contributed by atoms with van der Waals surface area (Å²) in [5.74, 6) is 2.19. The summed E-state index contributed by atoms with van der Waals surface area (Å²) in [6, 6.07) is 13.7. The lowest BCUT2D eigenvalue weighted by molar-refractivity contribution is -0.127. The number of fused-ring (bicyclic) bond motifs is 2. The Hall–Kier alpha value is -5.11. The van der Waals surface area contributed by atoms with Gasteiger partial charge >= 0.3 is 0 Å². The maximum absolute atomic E-state index is 13.5. The van der Waals surface area contributed by atoms with E-state index in [2.05, 4.69) is 45.2 Å². The summed E-state index contributed by atoms with van der Waals surface area (Å²) in [7, 11) is 0. The molecule has 2 heterocycles. The average molecular weight is 924 g/mol. The van der Waals surface area contributed by atoms with Gasteiger partial charge in [0.05, 0.1) is 37.7 Å². The summed E-state index contributed by atoms with van der Waals surface area (Å²) in [4.78, 5) is 28.4. The molecule has 0 bridgehead atoms. The molecule has 0 fully saturated rings. The van der Waals surface area contributed by atoms with E-state index in [0.29, 0.717) is 57.0 Å². The molecule has 2 aromatic rings. The fraction of sp³-hybridized carbons (Fsp3) is 0.444. The lowest BCUT2D eigenvalue weighted by Gasteiger charge is -2.39. The molecule has 6 atom stereocenters. The Bertz CT molecular complexity index is 2150. The SMILES string of the molecule is C=C(C)CCCC(O)COC1=CC2C(C=C1)C=C(c1ccccc1CC)C(=O)N2CCCO.C=COCCC(O)COC1=CC2SC(=O)C(c3ccc(OCCCO)cc3CC)=CC2C=C1. The number of allylic oxidation sites excluding steroid dienone is 5. The third-order valence-corrected chi connectivity index (χ3v) is 12.9. The van der Waals surface area contributed by atoms with Crippen LogP contribution < -0.4 is 4.74 Å². The molecule has 12 heteroatoms. The van der Waals surface area contributed by atoms with Crippen molar-refractivity contribution in [2.75, 3.05) is 46.2 Å². The van der Waals surface area contributed by atoms with Gasteiger partial charge in [-0.2, -0.15) is 0 Å². The number of hydrogen-bond acceptors (Lipinski definition) is 11. The Kier molecular flexibility index (Phi) is 21.1. The number of ether oxygens (including phenoxy) is 4. The Morgan fingerprint density at radius 2 is 1.45 bits per heavy atom. The van der Waals surface area contributed by atoms with Gasteiger partial charge in [-0.3, -0.25) is 9.59 Å². The number of rotatable bonds is 25. The highest BCUT2D eigenvalue weighted by molar-refractivity contribution is 8.15. The van der Waals surface area contributed by atoms with Gasteiger partial charge < -0.3 is 44.3 Å². The zero-order valence-electron chi connectivity index (χ0n) is 38.8. The first-order valence-electron chi connectivity index (χ1n) is 23.3. The molecule has 2 aliphatic carbocycles. The molecular formula is C54H69NO10S. The van der Waals surface area contributed by atoms with Crippen molar-refractivity contribution >= 4 is 33.9 Å². The van der Waals surface area contributed by atoms with E-state index in [1.165, 1.54) is 18.0 Å². The number of carbonyl (C=O) groups excluding carboxylic acids is 2. The van der Waals surface area contributed by atoms with Gasteiger partial charge in [-0.1, -0.05) is 92.4 Å². The summed E-state index contributed by atoms with van der Waals surface area (Å²) < 4.78 is 22.3. The predicted octanol–water partition coefficient (Wildman–Crippen LogP) is 8.45. The molecule has 0 radical (unpaired) electrons. The molecule has 11 nitrogen and oxygen atoms in total. The van der Waals surface area contributed by atoms with E-state index in [1.807, 2.05) is 84.7 Å². The first-order chi connectivity index (χ1) is 32.0. The highest BCUT2D eigenvalue weighted by Crippen LogP contribution is 2.41. The minimum atomic E-state index is -0.632. The normalized spacial score (nSPS) is 20.6. The molecule has 6 rings (SSSR count). The molecular weight excluding hydrogens is 855 g/mol. The second-order valence-corrected chi connectivity index (χ2v) is 18.0. The van der Waals surface area contributed by atoms with Crippen LogP contribution in [0.25, 0.3) is 11.1 Å². The van der Waals surface area contributed by atoms with E-state index in [4.69, 9.17) is 24.1 Å². The average Bonchev–Trinajstić information content (AvgIpc) is 3.32. The molecule has 4 N–H and O–H groups in total. The summed E-state index contributed by atoms with van der Waals surface area (Å²) >= 11 is 1.30. The third kappa shape index (κ3) is 15.0. The molecule has 2 aliphatic heterocycles. The van der Waals surface area contributed by atoms with Crippen LogP contribution >= 0.6 is 11.8 Å². The van der Waals surface area contributed by atoms with E-state index in [-0.39, 0.29) is 60.6 Å². The van der Waals surface area contributed by atoms with Crippen LogP contribution in [0.4, 0.5) is 0 Å². The predicted molar refractivity (Wildman–Crippen MR) is 263 cm³/mol. The van der Waals surface area contributed by atoms with Gasteiger partial charge in [-0.15, -0.1) is 6.58 Å². The highest BCUT2D eigenvalue weighted by Gasteiger charge is 2.37. The number of hydrogen-bond donors (Lipinski definition) is 4. The number of aliphatic hydroxyl groups is 4. The molecule has 0 aromatic heterocycles. The van der Waals surface area contributed by atoms with Crippen LogP contribution in [0, 0.1) is 11.8 Å². The van der Waals surface area contributed by atoms with E-state index < -0.39 is 12.2 Å². The van der Waals surface area contributed by atoms with Crippen LogP contribution in [0.3, 0.4) is 0 Å². The lowest BCUT2D eigenvalue weighted by atomic mass is 9.83. The van der Waals surface area contributed by atoms with Gasteiger partial charge in [0.25, 0.3) is 5.91 Å². The van der Waals surface area contributed by atoms with Crippen LogP contribution in [0.1, 0.15) is 81.5 Å². The quantitative estimate of drug-likeness (QED) is 0.0431. The Morgan fingerprint density at radius 1 is 0.788 bits per heavy atom. The van der Waals surface area contributed by atoms with Crippen LogP contribution in [-0.2, 0) is 36.6 Å². The number of thioether (sulfide) groups is 1. The van der Waals surface area contributed by atoms with Gasteiger partial charge in [-0.05, 0) is 104 Å². The fourth-order valence-electron chi connectivity index (χ4n) is 8.14. The number of amides is 1. The molecule has 0 spiro atoms. The molecule has 66 heavy (non-hydrogen) atoms. The van der Waals surface area contributed by atoms with Crippen molar-refractivity contribution in [2.45, 2.75) is 95.6 Å². The molecule has 2 aromatic carbocycles. The zero-order valence-corrected chi connectivity index (χ0v) is 39.6. The van der Waals surface area contributed by atoms with Crippen LogP contribution in [-0.4, -0.2) is 106 Å². The van der Waals surface area contributed by atoms with Gasteiger partial charge in [0.2, 0.25) is 5.12 Å². The van der Waals surface area contributed by atoms with Crippen molar-refractivity contribution in [3.63, 3.8) is 0 Å². The third-order valence-electron chi connectivity index (χ3n) is 11.7. The Morgan fingerprint density at radius 3 is 2.15 bits per heavy atom. The molecule has 0 saturated heterocycles. The van der Waals surface area contributed by atoms with Crippen molar-refractivity contribution in [1.29, 1.82) is 0 Å². The molecule has 4 aliphatic rings. The van der Waals surface area contributed by atoms with Crippen molar-refractivity contribution in [3.05, 3.63) is 150 Å². The minimum Gasteiger partial charge on any atom is -0.502 e. The lowest BCUT2D eigenvalue weighted by Crippen LogP contribution is -2.48. The van der Waals surface area contributed by atoms with Gasteiger partial charge in [0.1, 0.15) is 30.5 Å². The molecule has 6 unspecified atom stereocenters. The smallest absolute Gasteiger partial charge is 0.254 e. The van der Waals surface area contributed by atoms with Crippen molar-refractivity contribution < 1.29 is 49.0 Å². The first-order valence-corrected chi connectivity index (χ1v) is 24.2. The van der Waals surface area contributed by atoms with Crippen LogP contribution in [0.15, 0.2) is 128 Å². The molecule has 1 amide bonds. The summed E-state index contributed by atoms with van der Waals surface area (Å²) in [6.07, 6.45) is 21.8. The maximum atomic E-state index is 13.5. The van der Waals surface area contributed by atoms with E-state index in [9.17, 15) is 24.9 Å². The summed E-state index contributed by atoms with van der Waals surface area (Å²) in [5, 5.41) is 38.6. The maximum Gasteiger partial charge on any atom is 0.254 e. The second kappa shape index (κ2) is 26.9. The van der Waals surface area contributed by atoms with E-state index >= 15 is 0 Å². The minimum absolute atomic E-state index is 0.0173. The zero-order chi connectivity index (χ0) is 47.4. The van der Waals surface area contributed by atoms with Crippen LogP contribution in [0.2, 0.25) is 0 Å². The van der Waals surface area contributed by atoms with Crippen LogP contribution in [0.5, 0.6) is 5.75 Å². The number of aryl methyl sites for hydroxylation is 2. The van der Waals surface area contributed by atoms with Gasteiger partial charge in [0, 0.05) is 60.8 Å². The number of aliphatic hydroxyl groups excluding tert-OH is 4. The molecule has 356 valence electrons. The highest BCUT2D eigenvalue weighted by atomic mass is 32.2. The van der Waals surface area contributed by atoms with E-state index in [0.717, 1.165) is 70.4 Å². The molecule has 0 saturated carbocycles. The monoisotopic (exact) mass is 923 g/mol. The Balaban J connectivity index is 0.000000247. The first kappa shape index (κ1) is 51.9. The number of nitrogens with zero attached hydrogens (tertiary/aromatic N) is 1. The summed E-state index contributed by atoms with van der Waals surface area (Å²) in [6.45, 7) is 15.4. The van der Waals surface area contributed by atoms with E-state index in [1.54, 1.807) is 0 Å². The fourth-order valence-corrected chi connectivity index (χ4v) is 9.22. The van der Waals surface area contributed by atoms with Crippen molar-refractivity contribution in [1.82, 2.24) is 4.90 Å². The largest absolute Gasteiger partial charge is 0.502 e. The number of carbonyl (C=O) groups is 2. The topological polar surface area (TPSA) is 155 Å². The van der Waals surface area contributed by atoms with Crippen molar-refractivity contribution in [3.8, 4) is 5.75 Å². The van der Waals surface area contributed by atoms with Gasteiger partial charge in [-0.25, -0.2) is 0 Å². The standard InChI is InChI=1S/C28H37NO4.C26H32O6S/c1-4-21-10-5-6-12-25(21)26-17-22-13-14-24(33-19-23(31)11-7-9-20(2)3)18-27(22)29(28(26)32)15-8-16-30;1-3-18-14-21(31-12-5-11-27)8-9-23(18)24-15-19-6-7-22(16-25(19)33-26(24)29)32-17-20(28)10-13-30-4-2/h5-6,10,12-14,17-18,22-23,27,30-31H,2,4,7-9,11,15-16,19H2,1,3H3;4,6-9,14-16,19-20,25,27-28H,2-3,5,10-13,17H2,1H3.